The summed E-state index contributed by atoms with van der Waals surface area (Å²) < 4.78 is 4.99. The van der Waals surface area contributed by atoms with Crippen LogP contribution in [0.15, 0.2) is 12.2 Å². The fourth-order valence-electron chi connectivity index (χ4n) is 1.03. The Kier molecular flexibility index (Phi) is 2.69. The molecule has 0 saturated carbocycles. The van der Waals surface area contributed by atoms with Crippen molar-refractivity contribution in [2.75, 3.05) is 0 Å². The third-order valence-corrected chi connectivity index (χ3v) is 1.63. The van der Waals surface area contributed by atoms with Crippen molar-refractivity contribution in [2.24, 2.45) is 5.92 Å². The maximum atomic E-state index is 10.6. The molecule has 2 nitrogen and oxygen atoms in total. The molecule has 1 saturated heterocycles. The molecule has 0 aromatic heterocycles. The zero-order chi connectivity index (χ0) is 8.27. The Hall–Kier alpha value is -0.790. The highest BCUT2D eigenvalue weighted by molar-refractivity contribution is 5.71. The molecule has 1 atom stereocenters. The van der Waals surface area contributed by atoms with Gasteiger partial charge in [-0.2, -0.15) is 0 Å². The van der Waals surface area contributed by atoms with Gasteiger partial charge in [0.1, 0.15) is 6.10 Å². The third-order valence-electron chi connectivity index (χ3n) is 1.63. The summed E-state index contributed by atoms with van der Waals surface area (Å²) in [6.07, 6.45) is 5.53. The molecule has 1 fully saturated rings. The van der Waals surface area contributed by atoms with E-state index in [1.165, 1.54) is 0 Å². The Bertz CT molecular complexity index is 170. The number of allylic oxidation sites excluding steroid dienone is 1. The monoisotopic (exact) mass is 154 g/mol. The van der Waals surface area contributed by atoms with Gasteiger partial charge in [-0.05, 0) is 18.4 Å². The molecule has 1 aliphatic rings. The van der Waals surface area contributed by atoms with Crippen molar-refractivity contribution in [3.8, 4) is 0 Å². The molecule has 62 valence electrons. The molecule has 2 heteroatoms. The van der Waals surface area contributed by atoms with Gasteiger partial charge in [0.15, 0.2) is 0 Å². The van der Waals surface area contributed by atoms with E-state index in [0.29, 0.717) is 12.3 Å². The average molecular weight is 154 g/mol. The quantitative estimate of drug-likeness (QED) is 0.448. The van der Waals surface area contributed by atoms with Crippen molar-refractivity contribution in [1.82, 2.24) is 0 Å². The van der Waals surface area contributed by atoms with Crippen molar-refractivity contribution in [1.29, 1.82) is 0 Å². The van der Waals surface area contributed by atoms with Crippen LogP contribution in [0, 0.1) is 5.92 Å². The Morgan fingerprint density at radius 2 is 2.36 bits per heavy atom. The topological polar surface area (TPSA) is 26.3 Å². The van der Waals surface area contributed by atoms with Crippen LogP contribution in [0.25, 0.3) is 0 Å². The van der Waals surface area contributed by atoms with Gasteiger partial charge in [-0.1, -0.05) is 19.9 Å². The number of ether oxygens (including phenoxy) is 1. The number of rotatable bonds is 2. The molecule has 1 unspecified atom stereocenters. The van der Waals surface area contributed by atoms with E-state index in [-0.39, 0.29) is 12.1 Å². The van der Waals surface area contributed by atoms with E-state index in [2.05, 4.69) is 19.9 Å². The van der Waals surface area contributed by atoms with Crippen molar-refractivity contribution < 1.29 is 9.53 Å². The molecule has 1 heterocycles. The van der Waals surface area contributed by atoms with Gasteiger partial charge >= 0.3 is 5.97 Å². The molecular formula is C9H14O2. The molecule has 0 aromatic carbocycles. The van der Waals surface area contributed by atoms with Crippen molar-refractivity contribution in [3.05, 3.63) is 12.2 Å². The van der Waals surface area contributed by atoms with Crippen LogP contribution in [-0.4, -0.2) is 12.1 Å². The van der Waals surface area contributed by atoms with Gasteiger partial charge in [-0.15, -0.1) is 0 Å². The molecule has 0 radical (unpaired) electrons. The third kappa shape index (κ3) is 2.74. The van der Waals surface area contributed by atoms with Crippen LogP contribution >= 0.6 is 0 Å². The summed E-state index contributed by atoms with van der Waals surface area (Å²) in [6, 6.07) is 0. The molecule has 1 aliphatic heterocycles. The highest BCUT2D eigenvalue weighted by Gasteiger charge is 2.20. The fraction of sp³-hybridized carbons (Fsp3) is 0.667. The Morgan fingerprint density at radius 1 is 1.64 bits per heavy atom. The summed E-state index contributed by atoms with van der Waals surface area (Å²) in [5, 5.41) is 0. The second-order valence-corrected chi connectivity index (χ2v) is 3.20. The molecule has 0 N–H and O–H groups in total. The molecule has 0 aliphatic carbocycles. The van der Waals surface area contributed by atoms with Gasteiger partial charge in [0.2, 0.25) is 0 Å². The summed E-state index contributed by atoms with van der Waals surface area (Å²) in [4.78, 5) is 10.6. The zero-order valence-corrected chi connectivity index (χ0v) is 7.04. The van der Waals surface area contributed by atoms with E-state index in [9.17, 15) is 4.79 Å². The van der Waals surface area contributed by atoms with Crippen molar-refractivity contribution >= 4 is 5.97 Å². The first-order chi connectivity index (χ1) is 5.18. The summed E-state index contributed by atoms with van der Waals surface area (Å²) in [5.41, 5.74) is 0. The molecule has 1 rings (SSSR count). The summed E-state index contributed by atoms with van der Waals surface area (Å²) in [5.74, 6) is 0.470. The second-order valence-electron chi connectivity index (χ2n) is 3.20. The van der Waals surface area contributed by atoms with Gasteiger partial charge < -0.3 is 4.74 Å². The van der Waals surface area contributed by atoms with E-state index in [0.717, 1.165) is 6.42 Å². The summed E-state index contributed by atoms with van der Waals surface area (Å²) in [7, 11) is 0. The van der Waals surface area contributed by atoms with E-state index < -0.39 is 0 Å². The largest absolute Gasteiger partial charge is 0.458 e. The lowest BCUT2D eigenvalue weighted by Crippen LogP contribution is -2.02. The van der Waals surface area contributed by atoms with E-state index >= 15 is 0 Å². The minimum absolute atomic E-state index is 0.0462. The fourth-order valence-corrected chi connectivity index (χ4v) is 1.03. The number of hydrogen-bond acceptors (Lipinski definition) is 2. The maximum Gasteiger partial charge on any atom is 0.306 e. The van der Waals surface area contributed by atoms with E-state index in [1.54, 1.807) is 0 Å². The van der Waals surface area contributed by atoms with Crippen LogP contribution in [-0.2, 0) is 9.53 Å². The normalized spacial score (nSPS) is 25.0. The highest BCUT2D eigenvalue weighted by atomic mass is 16.5. The van der Waals surface area contributed by atoms with E-state index in [4.69, 9.17) is 4.74 Å². The lowest BCUT2D eigenvalue weighted by molar-refractivity contribution is -0.140. The minimum atomic E-state index is -0.0663. The molecule has 11 heavy (non-hydrogen) atoms. The highest BCUT2D eigenvalue weighted by Crippen LogP contribution is 2.15. The Morgan fingerprint density at radius 3 is 2.82 bits per heavy atom. The Balaban J connectivity index is 2.33. The first kappa shape index (κ1) is 8.31. The molecular weight excluding hydrogens is 140 g/mol. The van der Waals surface area contributed by atoms with Crippen LogP contribution in [0.3, 0.4) is 0 Å². The number of carbonyl (C=O) groups is 1. The number of esters is 1. The summed E-state index contributed by atoms with van der Waals surface area (Å²) in [6.45, 7) is 4.21. The minimum Gasteiger partial charge on any atom is -0.458 e. The molecule has 0 bridgehead atoms. The van der Waals surface area contributed by atoms with Gasteiger partial charge in [0.25, 0.3) is 0 Å². The van der Waals surface area contributed by atoms with Crippen LogP contribution < -0.4 is 0 Å². The SMILES string of the molecule is CC(C)C=CC1CCC(=O)O1. The van der Waals surface area contributed by atoms with Crippen molar-refractivity contribution in [2.45, 2.75) is 32.8 Å². The Labute approximate surface area is 67.2 Å². The average Bonchev–Trinajstić information content (AvgIpc) is 2.31. The number of carbonyl (C=O) groups excluding carboxylic acids is 1. The van der Waals surface area contributed by atoms with Crippen LogP contribution in [0.4, 0.5) is 0 Å². The molecule has 0 spiro atoms. The van der Waals surface area contributed by atoms with Gasteiger partial charge in [-0.3, -0.25) is 4.79 Å². The second kappa shape index (κ2) is 3.56. The van der Waals surface area contributed by atoms with Crippen LogP contribution in [0.1, 0.15) is 26.7 Å². The summed E-state index contributed by atoms with van der Waals surface area (Å²) >= 11 is 0. The first-order valence-electron chi connectivity index (χ1n) is 4.06. The van der Waals surface area contributed by atoms with Gasteiger partial charge in [0.05, 0.1) is 0 Å². The standard InChI is InChI=1S/C9H14O2/c1-7(2)3-4-8-5-6-9(10)11-8/h3-4,7-8H,5-6H2,1-2H3. The first-order valence-corrected chi connectivity index (χ1v) is 4.06. The lowest BCUT2D eigenvalue weighted by atomic mass is 10.1. The number of cyclic esters (lactones) is 1. The maximum absolute atomic E-state index is 10.6. The lowest BCUT2D eigenvalue weighted by Gasteiger charge is -2.02. The predicted octanol–water partition coefficient (Wildman–Crippen LogP) is 1.90. The van der Waals surface area contributed by atoms with Gasteiger partial charge in [-0.25, -0.2) is 0 Å². The zero-order valence-electron chi connectivity index (χ0n) is 7.04. The number of hydrogen-bond donors (Lipinski definition) is 0. The smallest absolute Gasteiger partial charge is 0.306 e. The van der Waals surface area contributed by atoms with Crippen molar-refractivity contribution in [3.63, 3.8) is 0 Å². The molecule has 0 amide bonds. The van der Waals surface area contributed by atoms with Crippen LogP contribution in [0.2, 0.25) is 0 Å². The van der Waals surface area contributed by atoms with Crippen LogP contribution in [0.5, 0.6) is 0 Å². The molecule has 0 aromatic rings. The predicted molar refractivity (Wildman–Crippen MR) is 43.1 cm³/mol. The van der Waals surface area contributed by atoms with E-state index in [1.807, 2.05) is 6.08 Å². The van der Waals surface area contributed by atoms with Gasteiger partial charge in [0, 0.05) is 6.42 Å².